The number of aryl methyl sites for hydroxylation is 2. The van der Waals surface area contributed by atoms with Crippen molar-refractivity contribution in [2.75, 3.05) is 6.54 Å². The summed E-state index contributed by atoms with van der Waals surface area (Å²) in [5.74, 6) is 3.96. The molecule has 2 bridgehead atoms. The minimum absolute atomic E-state index is 0.0236. The molecule has 162 valence electrons. The molecule has 2 heterocycles. The molecule has 0 spiro atoms. The Hall–Kier alpha value is -2.41. The summed E-state index contributed by atoms with van der Waals surface area (Å²) in [6.45, 7) is 4.73. The van der Waals surface area contributed by atoms with Crippen LogP contribution in [-0.4, -0.2) is 32.0 Å². The van der Waals surface area contributed by atoms with Crippen molar-refractivity contribution in [2.45, 2.75) is 56.9 Å². The Labute approximate surface area is 187 Å². The average Bonchev–Trinajstić information content (AvgIpc) is 3.48. The van der Waals surface area contributed by atoms with Gasteiger partial charge in [0.2, 0.25) is 5.16 Å². The summed E-state index contributed by atoms with van der Waals surface area (Å²) in [4.78, 5) is 21.9. The molecule has 2 aliphatic carbocycles. The van der Waals surface area contributed by atoms with Crippen LogP contribution in [0.15, 0.2) is 35.5 Å². The van der Waals surface area contributed by atoms with E-state index in [1.165, 1.54) is 37.4 Å². The Bertz CT molecular complexity index is 1110. The van der Waals surface area contributed by atoms with Gasteiger partial charge >= 0.3 is 0 Å². The second-order valence-electron chi connectivity index (χ2n) is 9.07. The Morgan fingerprint density at radius 1 is 1.19 bits per heavy atom. The molecule has 31 heavy (non-hydrogen) atoms. The maximum atomic E-state index is 12.9. The number of nitrogens with zero attached hydrogens (tertiary/aromatic N) is 4. The fourth-order valence-corrected chi connectivity index (χ4v) is 6.24. The van der Waals surface area contributed by atoms with Crippen molar-refractivity contribution >= 4 is 23.4 Å². The molecule has 0 saturated heterocycles. The molecule has 3 atom stereocenters. The van der Waals surface area contributed by atoms with Crippen LogP contribution < -0.4 is 5.32 Å². The molecule has 2 saturated carbocycles. The number of carbonyl (C=O) groups excluding carboxylic acids is 1. The van der Waals surface area contributed by atoms with E-state index < -0.39 is 0 Å². The molecule has 1 amide bonds. The lowest BCUT2D eigenvalue weighted by Crippen LogP contribution is -2.27. The first-order valence-electron chi connectivity index (χ1n) is 11.3. The van der Waals surface area contributed by atoms with Crippen LogP contribution in [-0.2, 0) is 5.75 Å². The maximum Gasteiger partial charge on any atom is 0.253 e. The van der Waals surface area contributed by atoms with Gasteiger partial charge in [0.1, 0.15) is 0 Å². The van der Waals surface area contributed by atoms with Crippen molar-refractivity contribution < 1.29 is 4.79 Å². The van der Waals surface area contributed by atoms with E-state index in [1.54, 1.807) is 4.52 Å². The molecule has 7 heteroatoms. The second kappa shape index (κ2) is 8.61. The largest absolute Gasteiger partial charge is 0.352 e. The molecular formula is C24H29N5OS. The number of amides is 1. The van der Waals surface area contributed by atoms with E-state index in [2.05, 4.69) is 20.4 Å². The lowest BCUT2D eigenvalue weighted by molar-refractivity contribution is 0.0949. The molecule has 1 N–H and O–H groups in total. The number of fused-ring (bicyclic) bond motifs is 3. The first-order valence-corrected chi connectivity index (χ1v) is 12.3. The Balaban J connectivity index is 1.21. The van der Waals surface area contributed by atoms with Crippen LogP contribution in [0.1, 0.15) is 59.4 Å². The molecular weight excluding hydrogens is 406 g/mol. The third-order valence-electron chi connectivity index (χ3n) is 6.90. The normalized spacial score (nSPS) is 22.3. The molecule has 2 aliphatic rings. The molecule has 2 aromatic heterocycles. The Morgan fingerprint density at radius 3 is 2.87 bits per heavy atom. The highest BCUT2D eigenvalue weighted by atomic mass is 32.2. The number of nitrogens with one attached hydrogen (secondary N) is 1. The first kappa shape index (κ1) is 20.5. The highest BCUT2D eigenvalue weighted by molar-refractivity contribution is 7.98. The predicted molar refractivity (Wildman–Crippen MR) is 122 cm³/mol. The molecule has 2 fully saturated rings. The van der Waals surface area contributed by atoms with E-state index in [1.807, 2.05) is 44.2 Å². The number of hydrogen-bond donors (Lipinski definition) is 1. The fourth-order valence-electron chi connectivity index (χ4n) is 5.42. The van der Waals surface area contributed by atoms with Crippen LogP contribution in [0.2, 0.25) is 0 Å². The summed E-state index contributed by atoms with van der Waals surface area (Å²) < 4.78 is 1.77. The Kier molecular flexibility index (Phi) is 5.69. The van der Waals surface area contributed by atoms with E-state index in [0.717, 1.165) is 53.2 Å². The molecule has 6 nitrogen and oxygen atoms in total. The van der Waals surface area contributed by atoms with Crippen molar-refractivity contribution in [1.29, 1.82) is 0 Å². The van der Waals surface area contributed by atoms with Crippen molar-refractivity contribution in [3.8, 4) is 0 Å². The van der Waals surface area contributed by atoms with E-state index in [4.69, 9.17) is 0 Å². The zero-order valence-electron chi connectivity index (χ0n) is 18.2. The minimum atomic E-state index is 0.0236. The summed E-state index contributed by atoms with van der Waals surface area (Å²) in [5.41, 5.74) is 3.69. The quantitative estimate of drug-likeness (QED) is 0.550. The van der Waals surface area contributed by atoms with Crippen LogP contribution in [0, 0.1) is 31.6 Å². The predicted octanol–water partition coefficient (Wildman–Crippen LogP) is 4.59. The average molecular weight is 436 g/mol. The molecule has 3 aromatic rings. The van der Waals surface area contributed by atoms with Gasteiger partial charge in [0, 0.05) is 29.2 Å². The van der Waals surface area contributed by atoms with Gasteiger partial charge in [-0.05, 0) is 75.0 Å². The zero-order valence-corrected chi connectivity index (χ0v) is 19.0. The SMILES string of the molecule is Cc1cc(C)n2nc(SCc3ccccc3C(=O)NCCC3CC4CCC3C4)nc2n1. The summed E-state index contributed by atoms with van der Waals surface area (Å²) in [6, 6.07) is 9.83. The van der Waals surface area contributed by atoms with Crippen LogP contribution in [0.3, 0.4) is 0 Å². The number of hydrogen-bond acceptors (Lipinski definition) is 5. The van der Waals surface area contributed by atoms with Gasteiger partial charge in [-0.2, -0.15) is 4.98 Å². The molecule has 0 radical (unpaired) electrons. The minimum Gasteiger partial charge on any atom is -0.352 e. The van der Waals surface area contributed by atoms with Gasteiger partial charge in [-0.3, -0.25) is 4.79 Å². The van der Waals surface area contributed by atoms with Crippen molar-refractivity contribution in [3.63, 3.8) is 0 Å². The van der Waals surface area contributed by atoms with Crippen LogP contribution in [0.4, 0.5) is 0 Å². The lowest BCUT2D eigenvalue weighted by atomic mass is 9.86. The van der Waals surface area contributed by atoms with Gasteiger partial charge < -0.3 is 5.32 Å². The maximum absolute atomic E-state index is 12.9. The van der Waals surface area contributed by atoms with Gasteiger partial charge in [-0.1, -0.05) is 36.4 Å². The third-order valence-corrected chi connectivity index (χ3v) is 7.79. The summed E-state index contributed by atoms with van der Waals surface area (Å²) in [7, 11) is 0. The fraction of sp³-hybridized carbons (Fsp3) is 0.500. The highest BCUT2D eigenvalue weighted by Crippen LogP contribution is 2.49. The third kappa shape index (κ3) is 4.33. The van der Waals surface area contributed by atoms with Gasteiger partial charge in [0.05, 0.1) is 0 Å². The summed E-state index contributed by atoms with van der Waals surface area (Å²) in [6.07, 6.45) is 6.72. The zero-order chi connectivity index (χ0) is 21.4. The van der Waals surface area contributed by atoms with Crippen molar-refractivity contribution in [1.82, 2.24) is 24.9 Å². The van der Waals surface area contributed by atoms with Gasteiger partial charge in [-0.15, -0.1) is 5.10 Å². The summed E-state index contributed by atoms with van der Waals surface area (Å²) >= 11 is 1.53. The Morgan fingerprint density at radius 2 is 2.06 bits per heavy atom. The van der Waals surface area contributed by atoms with E-state index in [9.17, 15) is 4.79 Å². The van der Waals surface area contributed by atoms with Crippen LogP contribution >= 0.6 is 11.8 Å². The first-order chi connectivity index (χ1) is 15.1. The van der Waals surface area contributed by atoms with Gasteiger partial charge in [0.25, 0.3) is 11.7 Å². The van der Waals surface area contributed by atoms with E-state index in [-0.39, 0.29) is 5.91 Å². The molecule has 5 rings (SSSR count). The van der Waals surface area contributed by atoms with Crippen LogP contribution in [0.25, 0.3) is 5.78 Å². The molecule has 3 unspecified atom stereocenters. The van der Waals surface area contributed by atoms with Gasteiger partial charge in [0.15, 0.2) is 0 Å². The lowest BCUT2D eigenvalue weighted by Gasteiger charge is -2.21. The van der Waals surface area contributed by atoms with Gasteiger partial charge in [-0.25, -0.2) is 9.50 Å². The number of rotatable bonds is 7. The number of aromatic nitrogens is 4. The van der Waals surface area contributed by atoms with Crippen molar-refractivity contribution in [3.05, 3.63) is 52.8 Å². The second-order valence-corrected chi connectivity index (χ2v) is 10.0. The van der Waals surface area contributed by atoms with E-state index >= 15 is 0 Å². The molecule has 1 aromatic carbocycles. The number of thioether (sulfide) groups is 1. The topological polar surface area (TPSA) is 72.2 Å². The van der Waals surface area contributed by atoms with Crippen molar-refractivity contribution in [2.24, 2.45) is 17.8 Å². The monoisotopic (exact) mass is 435 g/mol. The summed E-state index contributed by atoms with van der Waals surface area (Å²) in [5, 5.41) is 8.40. The standard InChI is InChI=1S/C24H29N5OS/c1-15-11-16(2)29-23(26-15)27-24(28-29)31-14-20-5-3-4-6-21(20)22(30)25-10-9-19-13-17-7-8-18(19)12-17/h3-6,11,17-19H,7-10,12-14H2,1-2H3,(H,25,30). The number of carbonyl (C=O) groups is 1. The smallest absolute Gasteiger partial charge is 0.253 e. The number of benzene rings is 1. The van der Waals surface area contributed by atoms with Crippen LogP contribution in [0.5, 0.6) is 0 Å². The highest BCUT2D eigenvalue weighted by Gasteiger charge is 2.38. The molecule has 0 aliphatic heterocycles. The van der Waals surface area contributed by atoms with E-state index in [0.29, 0.717) is 16.7 Å².